The van der Waals surface area contributed by atoms with Crippen LogP contribution in [0.15, 0.2) is 6.58 Å². The van der Waals surface area contributed by atoms with E-state index >= 15 is 0 Å². The third-order valence-corrected chi connectivity index (χ3v) is 0.749. The number of hydrogen-bond donors (Lipinski definition) is 0. The van der Waals surface area contributed by atoms with E-state index in [2.05, 4.69) is 19.6 Å². The van der Waals surface area contributed by atoms with E-state index in [0.29, 0.717) is 6.10 Å². The normalized spacial score (nSPS) is 19.2. The summed E-state index contributed by atoms with van der Waals surface area (Å²) in [4.78, 5) is 9.64. The molecule has 0 N–H and O–H groups in total. The Hall–Kier alpha value is -0.0456. The van der Waals surface area contributed by atoms with Crippen molar-refractivity contribution in [2.45, 2.75) is 20.0 Å². The predicted molar refractivity (Wildman–Crippen MR) is 35.0 cm³/mol. The SMILES string of the molecule is C=[C-]C(C)=O.CC1CO1.[V]. The Morgan fingerprint density at radius 3 is 2.00 bits per heavy atom. The van der Waals surface area contributed by atoms with E-state index in [-0.39, 0.29) is 24.3 Å². The van der Waals surface area contributed by atoms with Gasteiger partial charge in [-0.2, -0.15) is 0 Å². The molecule has 1 unspecified atom stereocenters. The maximum Gasteiger partial charge on any atom is 0.0781 e. The average Bonchev–Trinajstić information content (AvgIpc) is 2.53. The van der Waals surface area contributed by atoms with Gasteiger partial charge in [0.25, 0.3) is 0 Å². The number of epoxide rings is 1. The Balaban J connectivity index is 0. The molecule has 1 rings (SSSR count). The van der Waals surface area contributed by atoms with Crippen LogP contribution in [-0.4, -0.2) is 18.5 Å². The van der Waals surface area contributed by atoms with Crippen molar-refractivity contribution in [2.75, 3.05) is 6.61 Å². The summed E-state index contributed by atoms with van der Waals surface area (Å²) in [5.41, 5.74) is 0. The minimum absolute atomic E-state index is 0. The molecule has 1 aliphatic heterocycles. The zero-order valence-corrected chi connectivity index (χ0v) is 7.65. The fourth-order valence-electron chi connectivity index (χ4n) is 0.0962. The number of ketones is 1. The van der Waals surface area contributed by atoms with Gasteiger partial charge in [0.15, 0.2) is 0 Å². The molecule has 1 radical (unpaired) electrons. The summed E-state index contributed by atoms with van der Waals surface area (Å²) in [6.07, 6.45) is 2.72. The number of allylic oxidation sites excluding steroid dienone is 1. The predicted octanol–water partition coefficient (Wildman–Crippen LogP) is 0.967. The van der Waals surface area contributed by atoms with Crippen LogP contribution in [0, 0.1) is 6.08 Å². The fraction of sp³-hybridized carbons (Fsp3) is 0.571. The summed E-state index contributed by atoms with van der Waals surface area (Å²) in [5.74, 6) is -0.106. The minimum Gasteiger partial charge on any atom is -0.435 e. The van der Waals surface area contributed by atoms with Crippen molar-refractivity contribution in [3.8, 4) is 0 Å². The molecule has 0 aliphatic carbocycles. The third kappa shape index (κ3) is 15.7. The van der Waals surface area contributed by atoms with E-state index in [9.17, 15) is 4.79 Å². The van der Waals surface area contributed by atoms with Crippen LogP contribution in [-0.2, 0) is 28.1 Å². The first kappa shape index (κ1) is 12.6. The molecule has 0 aromatic heterocycles. The van der Waals surface area contributed by atoms with E-state index < -0.39 is 0 Å². The molecule has 1 atom stereocenters. The molecular formula is C7H11O2V-. The summed E-state index contributed by atoms with van der Waals surface area (Å²) in [5, 5.41) is 0. The molecule has 1 aliphatic rings. The second-order valence-corrected chi connectivity index (χ2v) is 1.88. The monoisotopic (exact) mass is 178 g/mol. The molecule has 2 nitrogen and oxygen atoms in total. The van der Waals surface area contributed by atoms with Crippen molar-refractivity contribution >= 4 is 5.78 Å². The average molecular weight is 178 g/mol. The van der Waals surface area contributed by atoms with Crippen LogP contribution in [0.5, 0.6) is 0 Å². The van der Waals surface area contributed by atoms with Gasteiger partial charge < -0.3 is 15.6 Å². The minimum atomic E-state index is -0.106. The van der Waals surface area contributed by atoms with Crippen LogP contribution < -0.4 is 0 Å². The molecule has 1 fully saturated rings. The molecule has 10 heavy (non-hydrogen) atoms. The number of ether oxygens (including phenoxy) is 1. The molecule has 0 saturated carbocycles. The van der Waals surface area contributed by atoms with Crippen LogP contribution in [0.3, 0.4) is 0 Å². The van der Waals surface area contributed by atoms with Gasteiger partial charge in [-0.3, -0.25) is 6.58 Å². The van der Waals surface area contributed by atoms with Gasteiger partial charge in [0, 0.05) is 18.6 Å². The summed E-state index contributed by atoms with van der Waals surface area (Å²) < 4.78 is 4.71. The maximum absolute atomic E-state index is 9.64. The van der Waals surface area contributed by atoms with Gasteiger partial charge >= 0.3 is 0 Å². The number of Topliss-reactive ketones (excluding diaryl/α,β-unsaturated/α-hetero) is 1. The summed E-state index contributed by atoms with van der Waals surface area (Å²) in [7, 11) is 0. The van der Waals surface area contributed by atoms with Crippen molar-refractivity contribution < 1.29 is 28.1 Å². The summed E-state index contributed by atoms with van der Waals surface area (Å²) in [6, 6.07) is 0. The topological polar surface area (TPSA) is 29.6 Å². The molecule has 0 aromatic carbocycles. The standard InChI is InChI=1S/C4H5O.C3H6O.V/c1-3-4(2)5;1-3-2-4-3;/h1H2,2H3;3H,2H2,1H3;/q-1;;. The molecule has 0 bridgehead atoms. The Morgan fingerprint density at radius 1 is 1.80 bits per heavy atom. The van der Waals surface area contributed by atoms with E-state index in [4.69, 9.17) is 4.74 Å². The van der Waals surface area contributed by atoms with Crippen molar-refractivity contribution in [3.05, 3.63) is 12.7 Å². The van der Waals surface area contributed by atoms with Gasteiger partial charge in [0.1, 0.15) is 0 Å². The van der Waals surface area contributed by atoms with Crippen LogP contribution in [0.25, 0.3) is 0 Å². The second-order valence-electron chi connectivity index (χ2n) is 1.88. The second kappa shape index (κ2) is 7.07. The first-order chi connectivity index (χ1) is 4.16. The molecule has 0 aromatic rings. The zero-order chi connectivity index (χ0) is 7.28. The first-order valence-electron chi connectivity index (χ1n) is 2.82. The Labute approximate surface area is 73.5 Å². The van der Waals surface area contributed by atoms with Crippen molar-refractivity contribution in [1.29, 1.82) is 0 Å². The molecule has 0 spiro atoms. The number of hydrogen-bond acceptors (Lipinski definition) is 2. The number of carbonyl (C=O) groups excluding carboxylic acids is 1. The first-order valence-corrected chi connectivity index (χ1v) is 2.82. The van der Waals surface area contributed by atoms with Crippen molar-refractivity contribution in [1.82, 2.24) is 0 Å². The molecule has 3 heteroatoms. The van der Waals surface area contributed by atoms with Crippen molar-refractivity contribution in [3.63, 3.8) is 0 Å². The maximum atomic E-state index is 9.64. The molecule has 1 saturated heterocycles. The summed E-state index contributed by atoms with van der Waals surface area (Å²) in [6.45, 7) is 7.54. The zero-order valence-electron chi connectivity index (χ0n) is 6.26. The van der Waals surface area contributed by atoms with Crippen LogP contribution in [0.2, 0.25) is 0 Å². The fourth-order valence-corrected chi connectivity index (χ4v) is 0.0962. The van der Waals surface area contributed by atoms with Crippen LogP contribution in [0.4, 0.5) is 0 Å². The molecular weight excluding hydrogens is 167 g/mol. The van der Waals surface area contributed by atoms with E-state index in [1.54, 1.807) is 0 Å². The van der Waals surface area contributed by atoms with Gasteiger partial charge in [-0.1, -0.05) is 0 Å². The van der Waals surface area contributed by atoms with Gasteiger partial charge in [0.05, 0.1) is 12.7 Å². The largest absolute Gasteiger partial charge is 0.435 e. The van der Waals surface area contributed by atoms with Gasteiger partial charge in [-0.25, -0.2) is 0 Å². The molecule has 57 valence electrons. The van der Waals surface area contributed by atoms with E-state index in [1.807, 2.05) is 0 Å². The Kier molecular flexibility index (Phi) is 8.91. The third-order valence-electron chi connectivity index (χ3n) is 0.749. The molecule has 0 amide bonds. The molecule has 1 heterocycles. The van der Waals surface area contributed by atoms with E-state index in [1.165, 1.54) is 6.92 Å². The van der Waals surface area contributed by atoms with E-state index in [0.717, 1.165) is 6.61 Å². The number of rotatable bonds is 1. The van der Waals surface area contributed by atoms with Gasteiger partial charge in [-0.05, 0) is 19.6 Å². The van der Waals surface area contributed by atoms with Crippen LogP contribution >= 0.6 is 0 Å². The number of carbonyl (C=O) groups is 1. The van der Waals surface area contributed by atoms with Crippen LogP contribution in [0.1, 0.15) is 13.8 Å². The quantitative estimate of drug-likeness (QED) is 0.340. The summed E-state index contributed by atoms with van der Waals surface area (Å²) >= 11 is 0. The smallest absolute Gasteiger partial charge is 0.0781 e. The van der Waals surface area contributed by atoms with Gasteiger partial charge in [-0.15, -0.1) is 0 Å². The van der Waals surface area contributed by atoms with Crippen molar-refractivity contribution in [2.24, 2.45) is 0 Å². The Bertz CT molecular complexity index is 108. The Morgan fingerprint density at radius 2 is 2.00 bits per heavy atom. The van der Waals surface area contributed by atoms with Gasteiger partial charge in [0.2, 0.25) is 0 Å².